The number of ether oxygens (including phenoxy) is 3. The summed E-state index contributed by atoms with van der Waals surface area (Å²) in [5, 5.41) is 9.53. The van der Waals surface area contributed by atoms with Crippen LogP contribution in [-0.2, 0) is 4.79 Å². The van der Waals surface area contributed by atoms with Gasteiger partial charge in [0.05, 0.1) is 24.6 Å². The van der Waals surface area contributed by atoms with E-state index in [2.05, 4.69) is 9.39 Å². The standard InChI is InChI=1S/C23H22N4O4S2/c1-14-4-7-16(8-5-14)30-10-11-31-18-9-6-15(13-19(18)29-2)12-17-20(24)27-22(25-21(17)28)33-26-23(27)32-3/h4-9,12-13,24H,10-11H2,1-3H3/b17-12-,24-20?. The molecule has 0 aromatic heterocycles. The molecule has 0 atom stereocenters. The molecule has 0 saturated carbocycles. The summed E-state index contributed by atoms with van der Waals surface area (Å²) < 4.78 is 21.2. The highest BCUT2D eigenvalue weighted by atomic mass is 32.2. The van der Waals surface area contributed by atoms with Crippen LogP contribution in [-0.4, -0.2) is 53.6 Å². The number of amides is 1. The van der Waals surface area contributed by atoms with Gasteiger partial charge in [0.15, 0.2) is 16.7 Å². The van der Waals surface area contributed by atoms with Gasteiger partial charge in [-0.3, -0.25) is 10.2 Å². The number of benzene rings is 2. The van der Waals surface area contributed by atoms with Gasteiger partial charge in [0.1, 0.15) is 24.8 Å². The fourth-order valence-corrected chi connectivity index (χ4v) is 4.59. The molecule has 0 saturated heterocycles. The molecule has 0 bridgehead atoms. The summed E-state index contributed by atoms with van der Waals surface area (Å²) in [5.74, 6) is 1.45. The monoisotopic (exact) mass is 482 g/mol. The molecule has 1 amide bonds. The fourth-order valence-electron chi connectivity index (χ4n) is 3.14. The molecule has 2 heterocycles. The second-order valence-electron chi connectivity index (χ2n) is 7.03. The maximum atomic E-state index is 12.5. The third kappa shape index (κ3) is 5.07. The zero-order valence-corrected chi connectivity index (χ0v) is 20.0. The largest absolute Gasteiger partial charge is 0.493 e. The van der Waals surface area contributed by atoms with Crippen molar-refractivity contribution in [3.63, 3.8) is 0 Å². The van der Waals surface area contributed by atoms with Crippen LogP contribution in [0.5, 0.6) is 17.2 Å². The van der Waals surface area contributed by atoms with Gasteiger partial charge >= 0.3 is 0 Å². The van der Waals surface area contributed by atoms with Crippen LogP contribution in [0.3, 0.4) is 0 Å². The first-order chi connectivity index (χ1) is 16.0. The molecule has 0 unspecified atom stereocenters. The number of hydrogen-bond donors (Lipinski definition) is 1. The first-order valence-corrected chi connectivity index (χ1v) is 12.0. The highest BCUT2D eigenvalue weighted by Crippen LogP contribution is 2.33. The predicted octanol–water partition coefficient (Wildman–Crippen LogP) is 4.40. The number of rotatable bonds is 7. The van der Waals surface area contributed by atoms with Crippen LogP contribution in [0.25, 0.3) is 6.08 Å². The average molecular weight is 483 g/mol. The molecule has 33 heavy (non-hydrogen) atoms. The van der Waals surface area contributed by atoms with Crippen LogP contribution < -0.4 is 14.2 Å². The molecule has 1 N–H and O–H groups in total. The first kappa shape index (κ1) is 22.9. The van der Waals surface area contributed by atoms with E-state index in [0.717, 1.165) is 17.7 Å². The Balaban J connectivity index is 1.44. The molecule has 4 rings (SSSR count). The maximum absolute atomic E-state index is 12.5. The normalized spacial score (nSPS) is 16.5. The van der Waals surface area contributed by atoms with Crippen LogP contribution >= 0.6 is 23.7 Å². The Morgan fingerprint density at radius 3 is 2.61 bits per heavy atom. The van der Waals surface area contributed by atoms with E-state index < -0.39 is 5.91 Å². The predicted molar refractivity (Wildman–Crippen MR) is 134 cm³/mol. The van der Waals surface area contributed by atoms with Crippen molar-refractivity contribution in [2.45, 2.75) is 6.92 Å². The van der Waals surface area contributed by atoms with Gasteiger partial charge in [0.2, 0.25) is 5.17 Å². The van der Waals surface area contributed by atoms with E-state index in [1.54, 1.807) is 36.3 Å². The van der Waals surface area contributed by atoms with Gasteiger partial charge in [-0.1, -0.05) is 35.5 Å². The SMILES string of the molecule is COc1cc(/C=C2/C(=N)N3C(SC)=NSC3=NC2=O)ccc1OCCOc1ccc(C)cc1. The quantitative estimate of drug-likeness (QED) is 0.355. The lowest BCUT2D eigenvalue weighted by Crippen LogP contribution is -2.41. The van der Waals surface area contributed by atoms with Crippen molar-refractivity contribution in [2.75, 3.05) is 26.6 Å². The van der Waals surface area contributed by atoms with Crippen LogP contribution in [0.15, 0.2) is 57.4 Å². The van der Waals surface area contributed by atoms with E-state index >= 15 is 0 Å². The van der Waals surface area contributed by atoms with E-state index in [-0.39, 0.29) is 11.4 Å². The van der Waals surface area contributed by atoms with Gasteiger partial charge in [-0.05, 0) is 49.1 Å². The van der Waals surface area contributed by atoms with Crippen molar-refractivity contribution in [1.82, 2.24) is 4.90 Å². The Morgan fingerprint density at radius 2 is 1.88 bits per heavy atom. The van der Waals surface area contributed by atoms with E-state index in [0.29, 0.717) is 40.6 Å². The molecule has 2 aliphatic rings. The molecule has 8 nitrogen and oxygen atoms in total. The Hall–Kier alpha value is -3.24. The molecule has 2 aliphatic heterocycles. The van der Waals surface area contributed by atoms with Gasteiger partial charge in [-0.25, -0.2) is 4.90 Å². The minimum absolute atomic E-state index is 0.0515. The Morgan fingerprint density at radius 1 is 1.12 bits per heavy atom. The lowest BCUT2D eigenvalue weighted by Gasteiger charge is -2.23. The number of fused-ring (bicyclic) bond motifs is 1. The van der Waals surface area contributed by atoms with E-state index in [1.807, 2.05) is 37.4 Å². The molecule has 0 spiro atoms. The number of amidine groups is 3. The Kier molecular flexibility index (Phi) is 7.05. The van der Waals surface area contributed by atoms with E-state index in [4.69, 9.17) is 19.6 Å². The van der Waals surface area contributed by atoms with Gasteiger partial charge in [0, 0.05) is 0 Å². The zero-order chi connectivity index (χ0) is 23.4. The van der Waals surface area contributed by atoms with Gasteiger partial charge < -0.3 is 14.2 Å². The number of nitrogens with one attached hydrogen (secondary N) is 1. The summed E-state index contributed by atoms with van der Waals surface area (Å²) in [6, 6.07) is 13.1. The second kappa shape index (κ2) is 10.1. The summed E-state index contributed by atoms with van der Waals surface area (Å²) in [6.45, 7) is 2.75. The minimum Gasteiger partial charge on any atom is -0.493 e. The number of nitrogens with zero attached hydrogens (tertiary/aromatic N) is 3. The lowest BCUT2D eigenvalue weighted by molar-refractivity contribution is -0.114. The summed E-state index contributed by atoms with van der Waals surface area (Å²) in [6.07, 6.45) is 3.49. The Bertz CT molecular complexity index is 1180. The van der Waals surface area contributed by atoms with Crippen molar-refractivity contribution >= 4 is 51.9 Å². The van der Waals surface area contributed by atoms with E-state index in [9.17, 15) is 4.79 Å². The third-order valence-electron chi connectivity index (χ3n) is 4.81. The van der Waals surface area contributed by atoms with Crippen LogP contribution in [0, 0.1) is 12.3 Å². The lowest BCUT2D eigenvalue weighted by atomic mass is 10.1. The molecular weight excluding hydrogens is 460 g/mol. The maximum Gasteiger partial charge on any atom is 0.283 e. The topological polar surface area (TPSA) is 96.6 Å². The summed E-state index contributed by atoms with van der Waals surface area (Å²) in [4.78, 5) is 18.2. The van der Waals surface area contributed by atoms with Gasteiger partial charge in [0.25, 0.3) is 5.91 Å². The minimum atomic E-state index is -0.469. The number of aryl methyl sites for hydroxylation is 1. The van der Waals surface area contributed by atoms with Crippen molar-refractivity contribution in [2.24, 2.45) is 9.39 Å². The first-order valence-electron chi connectivity index (χ1n) is 10.0. The van der Waals surface area contributed by atoms with Gasteiger partial charge in [-0.15, -0.1) is 0 Å². The van der Waals surface area contributed by atoms with Crippen LogP contribution in [0.1, 0.15) is 11.1 Å². The molecule has 0 fully saturated rings. The van der Waals surface area contributed by atoms with Crippen LogP contribution in [0.2, 0.25) is 0 Å². The third-order valence-corrected chi connectivity index (χ3v) is 6.26. The highest BCUT2D eigenvalue weighted by Gasteiger charge is 2.36. The fraction of sp³-hybridized carbons (Fsp3) is 0.217. The molecule has 0 aliphatic carbocycles. The number of carbonyl (C=O) groups excluding carboxylic acids is 1. The number of carbonyl (C=O) groups is 1. The summed E-state index contributed by atoms with van der Waals surface area (Å²) >= 11 is 2.49. The number of thioether (sulfide) groups is 1. The zero-order valence-electron chi connectivity index (χ0n) is 18.3. The van der Waals surface area contributed by atoms with Crippen LogP contribution in [0.4, 0.5) is 0 Å². The number of methoxy groups -OCH3 is 1. The number of aliphatic imine (C=N–C) groups is 1. The molecule has 10 heteroatoms. The Labute approximate surface area is 200 Å². The van der Waals surface area contributed by atoms with Gasteiger partial charge in [-0.2, -0.15) is 9.39 Å². The van der Waals surface area contributed by atoms with E-state index in [1.165, 1.54) is 17.3 Å². The molecule has 2 aromatic carbocycles. The second-order valence-corrected chi connectivity index (χ2v) is 8.53. The number of hydrogen-bond acceptors (Lipinski definition) is 8. The molecular formula is C23H22N4O4S2. The summed E-state index contributed by atoms with van der Waals surface area (Å²) in [5.41, 5.74) is 2.05. The van der Waals surface area contributed by atoms with Crippen molar-refractivity contribution < 1.29 is 19.0 Å². The molecule has 2 aromatic rings. The smallest absolute Gasteiger partial charge is 0.283 e. The van der Waals surface area contributed by atoms with Crippen molar-refractivity contribution in [3.8, 4) is 17.2 Å². The average Bonchev–Trinajstić information content (AvgIpc) is 3.24. The highest BCUT2D eigenvalue weighted by molar-refractivity contribution is 8.18. The molecule has 0 radical (unpaired) electrons. The molecule has 170 valence electrons. The van der Waals surface area contributed by atoms with Crippen molar-refractivity contribution in [3.05, 3.63) is 59.2 Å². The summed E-state index contributed by atoms with van der Waals surface area (Å²) in [7, 11) is 1.55. The van der Waals surface area contributed by atoms with Crippen molar-refractivity contribution in [1.29, 1.82) is 5.41 Å².